The molecule has 0 aliphatic heterocycles. The normalized spacial score (nSPS) is 11.8. The summed E-state index contributed by atoms with van der Waals surface area (Å²) < 4.78 is 0. The van der Waals surface area contributed by atoms with Crippen LogP contribution < -0.4 is 11.1 Å². The number of nitrogens with two attached hydrogens (primary N) is 1. The summed E-state index contributed by atoms with van der Waals surface area (Å²) in [7, 11) is 0. The van der Waals surface area contributed by atoms with Gasteiger partial charge in [-0.2, -0.15) is 0 Å². The number of carbonyl (C=O) groups excluding carboxylic acids is 1. The molecule has 0 aliphatic carbocycles. The molecule has 0 spiro atoms. The summed E-state index contributed by atoms with van der Waals surface area (Å²) >= 11 is 4.97. The average molecular weight is 250 g/mol. The van der Waals surface area contributed by atoms with Crippen molar-refractivity contribution >= 4 is 23.1 Å². The molecule has 1 aromatic carbocycles. The highest BCUT2D eigenvalue weighted by atomic mass is 32.1. The maximum Gasteiger partial charge on any atom is 0.234 e. The van der Waals surface area contributed by atoms with E-state index in [0.717, 1.165) is 18.4 Å². The van der Waals surface area contributed by atoms with Crippen molar-refractivity contribution in [2.45, 2.75) is 25.7 Å². The Labute approximate surface area is 107 Å². The van der Waals surface area contributed by atoms with Gasteiger partial charge in [0.1, 0.15) is 5.92 Å². The van der Waals surface area contributed by atoms with Gasteiger partial charge in [-0.15, -0.1) is 0 Å². The van der Waals surface area contributed by atoms with E-state index in [0.29, 0.717) is 6.54 Å². The maximum atomic E-state index is 12.0. The molecule has 0 aromatic heterocycles. The second kappa shape index (κ2) is 7.01. The molecule has 17 heavy (non-hydrogen) atoms. The van der Waals surface area contributed by atoms with Gasteiger partial charge in [0.25, 0.3) is 0 Å². The number of nitrogens with one attached hydrogen (secondary N) is 1. The summed E-state index contributed by atoms with van der Waals surface area (Å²) in [5.74, 6) is -0.639. The third kappa shape index (κ3) is 4.15. The van der Waals surface area contributed by atoms with Gasteiger partial charge in [0.15, 0.2) is 0 Å². The van der Waals surface area contributed by atoms with Crippen LogP contribution in [0.3, 0.4) is 0 Å². The van der Waals surface area contributed by atoms with Gasteiger partial charge in [0.2, 0.25) is 5.91 Å². The van der Waals surface area contributed by atoms with E-state index in [1.807, 2.05) is 30.3 Å². The molecule has 0 aliphatic rings. The van der Waals surface area contributed by atoms with Crippen molar-refractivity contribution in [3.8, 4) is 0 Å². The fraction of sp³-hybridized carbons (Fsp3) is 0.385. The number of rotatable bonds is 6. The predicted molar refractivity (Wildman–Crippen MR) is 73.9 cm³/mol. The van der Waals surface area contributed by atoms with Crippen molar-refractivity contribution in [1.29, 1.82) is 0 Å². The summed E-state index contributed by atoms with van der Waals surface area (Å²) in [6, 6.07) is 9.38. The van der Waals surface area contributed by atoms with Gasteiger partial charge < -0.3 is 11.1 Å². The zero-order chi connectivity index (χ0) is 12.7. The fourth-order valence-electron chi connectivity index (χ4n) is 1.58. The summed E-state index contributed by atoms with van der Waals surface area (Å²) in [5.41, 5.74) is 6.49. The molecule has 0 bridgehead atoms. The molecule has 4 heteroatoms. The Kier molecular flexibility index (Phi) is 5.63. The lowest BCUT2D eigenvalue weighted by Crippen LogP contribution is -2.36. The van der Waals surface area contributed by atoms with E-state index >= 15 is 0 Å². The lowest BCUT2D eigenvalue weighted by molar-refractivity contribution is -0.121. The number of hydrogen-bond donors (Lipinski definition) is 2. The highest BCUT2D eigenvalue weighted by Crippen LogP contribution is 2.16. The molecule has 3 nitrogen and oxygen atoms in total. The SMILES string of the molecule is CCCCNC(=O)C(C(N)=S)c1ccccc1. The largest absolute Gasteiger partial charge is 0.392 e. The molecular weight excluding hydrogens is 232 g/mol. The van der Waals surface area contributed by atoms with Crippen LogP contribution in [0.1, 0.15) is 31.2 Å². The minimum absolute atomic E-state index is 0.114. The van der Waals surface area contributed by atoms with Crippen LogP contribution in [-0.4, -0.2) is 17.4 Å². The molecule has 1 amide bonds. The smallest absolute Gasteiger partial charge is 0.234 e. The van der Waals surface area contributed by atoms with E-state index in [-0.39, 0.29) is 10.9 Å². The zero-order valence-electron chi connectivity index (χ0n) is 9.98. The Morgan fingerprint density at radius 3 is 2.59 bits per heavy atom. The molecule has 0 radical (unpaired) electrons. The van der Waals surface area contributed by atoms with Crippen LogP contribution in [0.5, 0.6) is 0 Å². The number of benzene rings is 1. The van der Waals surface area contributed by atoms with Crippen LogP contribution in [0, 0.1) is 0 Å². The number of amides is 1. The Bertz CT molecular complexity index is 378. The van der Waals surface area contributed by atoms with Gasteiger partial charge in [-0.1, -0.05) is 55.9 Å². The lowest BCUT2D eigenvalue weighted by Gasteiger charge is -2.15. The quantitative estimate of drug-likeness (QED) is 0.599. The standard InChI is InChI=1S/C13H18N2OS/c1-2-3-9-15-13(16)11(12(14)17)10-7-5-4-6-8-10/h4-8,11H,2-3,9H2,1H3,(H2,14,17)(H,15,16). The average Bonchev–Trinajstić information content (AvgIpc) is 2.30. The first-order valence-corrected chi connectivity index (χ1v) is 6.19. The van der Waals surface area contributed by atoms with Gasteiger partial charge in [0, 0.05) is 6.54 Å². The summed E-state index contributed by atoms with van der Waals surface area (Å²) in [4.78, 5) is 12.2. The number of unbranched alkanes of at least 4 members (excludes halogenated alkanes) is 1. The second-order valence-electron chi connectivity index (χ2n) is 3.89. The molecule has 1 aromatic rings. The Balaban J connectivity index is 2.73. The fourth-order valence-corrected chi connectivity index (χ4v) is 1.82. The lowest BCUT2D eigenvalue weighted by atomic mass is 9.98. The monoisotopic (exact) mass is 250 g/mol. The van der Waals surface area contributed by atoms with Crippen LogP contribution in [0.15, 0.2) is 30.3 Å². The van der Waals surface area contributed by atoms with E-state index in [1.165, 1.54) is 0 Å². The van der Waals surface area contributed by atoms with Gasteiger partial charge in [-0.3, -0.25) is 4.79 Å². The van der Waals surface area contributed by atoms with E-state index in [9.17, 15) is 4.79 Å². The van der Waals surface area contributed by atoms with Gasteiger partial charge >= 0.3 is 0 Å². The van der Waals surface area contributed by atoms with E-state index in [2.05, 4.69) is 12.2 Å². The number of carbonyl (C=O) groups is 1. The minimum Gasteiger partial charge on any atom is -0.392 e. The maximum absolute atomic E-state index is 12.0. The zero-order valence-corrected chi connectivity index (χ0v) is 10.8. The highest BCUT2D eigenvalue weighted by Gasteiger charge is 2.22. The molecule has 1 unspecified atom stereocenters. The Morgan fingerprint density at radius 2 is 2.06 bits per heavy atom. The molecule has 92 valence electrons. The number of thiocarbonyl (C=S) groups is 1. The molecule has 0 saturated heterocycles. The van der Waals surface area contributed by atoms with Crippen molar-refractivity contribution in [2.24, 2.45) is 5.73 Å². The predicted octanol–water partition coefficient (Wildman–Crippen LogP) is 1.97. The third-order valence-corrected chi connectivity index (χ3v) is 2.74. The van der Waals surface area contributed by atoms with Gasteiger partial charge in [-0.05, 0) is 12.0 Å². The van der Waals surface area contributed by atoms with Gasteiger partial charge in [-0.25, -0.2) is 0 Å². The highest BCUT2D eigenvalue weighted by molar-refractivity contribution is 7.80. The summed E-state index contributed by atoms with van der Waals surface area (Å²) in [5, 5.41) is 2.86. The van der Waals surface area contributed by atoms with Crippen molar-refractivity contribution in [3.63, 3.8) is 0 Å². The number of hydrogen-bond acceptors (Lipinski definition) is 2. The van der Waals surface area contributed by atoms with E-state index < -0.39 is 5.92 Å². The molecular formula is C13H18N2OS. The molecule has 1 atom stereocenters. The van der Waals surface area contributed by atoms with Crippen molar-refractivity contribution in [2.75, 3.05) is 6.54 Å². The Hall–Kier alpha value is -1.42. The third-order valence-electron chi connectivity index (χ3n) is 2.51. The molecule has 1 rings (SSSR count). The summed E-state index contributed by atoms with van der Waals surface area (Å²) in [6.45, 7) is 2.75. The first kappa shape index (κ1) is 13.6. The van der Waals surface area contributed by atoms with Crippen molar-refractivity contribution in [1.82, 2.24) is 5.32 Å². The van der Waals surface area contributed by atoms with Crippen LogP contribution in [-0.2, 0) is 4.79 Å². The Morgan fingerprint density at radius 1 is 1.41 bits per heavy atom. The van der Waals surface area contributed by atoms with Crippen LogP contribution >= 0.6 is 12.2 Å². The first-order chi connectivity index (χ1) is 8.16. The van der Waals surface area contributed by atoms with Crippen LogP contribution in [0.4, 0.5) is 0 Å². The molecule has 0 fully saturated rings. The van der Waals surface area contributed by atoms with Crippen LogP contribution in [0.25, 0.3) is 0 Å². The second-order valence-corrected chi connectivity index (χ2v) is 4.36. The van der Waals surface area contributed by atoms with E-state index in [4.69, 9.17) is 18.0 Å². The van der Waals surface area contributed by atoms with Crippen LogP contribution in [0.2, 0.25) is 0 Å². The topological polar surface area (TPSA) is 55.1 Å². The van der Waals surface area contributed by atoms with Crippen molar-refractivity contribution < 1.29 is 4.79 Å². The minimum atomic E-state index is -0.525. The van der Waals surface area contributed by atoms with E-state index in [1.54, 1.807) is 0 Å². The van der Waals surface area contributed by atoms with Crippen molar-refractivity contribution in [3.05, 3.63) is 35.9 Å². The molecule has 0 heterocycles. The van der Waals surface area contributed by atoms with Gasteiger partial charge in [0.05, 0.1) is 4.99 Å². The molecule has 0 saturated carbocycles. The summed E-state index contributed by atoms with van der Waals surface area (Å²) in [6.07, 6.45) is 2.01. The first-order valence-electron chi connectivity index (χ1n) is 5.78. The molecule has 3 N–H and O–H groups in total.